The lowest BCUT2D eigenvalue weighted by Gasteiger charge is -2.25. The van der Waals surface area contributed by atoms with Crippen molar-refractivity contribution in [3.8, 4) is 0 Å². The zero-order valence-corrected chi connectivity index (χ0v) is 11.1. The summed E-state index contributed by atoms with van der Waals surface area (Å²) < 4.78 is 1.71. The molecule has 1 aliphatic heterocycles. The van der Waals surface area contributed by atoms with Crippen LogP contribution in [0.25, 0.3) is 0 Å². The normalized spacial score (nSPS) is 17.4. The van der Waals surface area contributed by atoms with E-state index in [1.807, 2.05) is 14.0 Å². The Morgan fingerprint density at radius 3 is 2.74 bits per heavy atom. The molecule has 1 fully saturated rings. The number of rotatable bonds is 3. The Kier molecular flexibility index (Phi) is 3.52. The number of anilines is 1. The third-order valence-corrected chi connectivity index (χ3v) is 3.52. The van der Waals surface area contributed by atoms with Crippen LogP contribution in [-0.4, -0.2) is 45.4 Å². The number of nitro groups is 1. The molecule has 19 heavy (non-hydrogen) atoms. The molecule has 2 rings (SSSR count). The van der Waals surface area contributed by atoms with Gasteiger partial charge in [0.05, 0.1) is 38.0 Å². The Morgan fingerprint density at radius 2 is 2.21 bits per heavy atom. The second kappa shape index (κ2) is 4.96. The highest BCUT2D eigenvalue weighted by Gasteiger charge is 2.37. The fourth-order valence-electron chi connectivity index (χ4n) is 2.28. The standard InChI is InChI=1S/C11H17N5O3/c1-3-14-8-9(10(13-14)15(18)19)12-11(17)16(2)6-4-5-7-16/h8H,3-7H2,1-2H3/p+1. The molecule has 0 aliphatic carbocycles. The van der Waals surface area contributed by atoms with Crippen molar-refractivity contribution in [1.29, 1.82) is 0 Å². The van der Waals surface area contributed by atoms with Gasteiger partial charge in [-0.1, -0.05) is 0 Å². The number of urea groups is 1. The van der Waals surface area contributed by atoms with Gasteiger partial charge in [0.2, 0.25) is 0 Å². The van der Waals surface area contributed by atoms with E-state index in [4.69, 9.17) is 0 Å². The van der Waals surface area contributed by atoms with E-state index in [1.54, 1.807) is 0 Å². The molecule has 8 nitrogen and oxygen atoms in total. The summed E-state index contributed by atoms with van der Waals surface area (Å²) >= 11 is 0. The molecule has 0 spiro atoms. The zero-order valence-electron chi connectivity index (χ0n) is 11.1. The average Bonchev–Trinajstić information content (AvgIpc) is 2.96. The van der Waals surface area contributed by atoms with Crippen molar-refractivity contribution in [3.05, 3.63) is 16.3 Å². The molecule has 0 saturated carbocycles. The van der Waals surface area contributed by atoms with Gasteiger partial charge in [-0.3, -0.25) is 5.32 Å². The van der Waals surface area contributed by atoms with Gasteiger partial charge in [0.25, 0.3) is 0 Å². The van der Waals surface area contributed by atoms with Crippen LogP contribution in [0.4, 0.5) is 16.3 Å². The SMILES string of the molecule is CCn1cc(NC(=O)[N+]2(C)CCCC2)c([N+](=O)[O-])n1. The molecule has 0 aromatic carbocycles. The van der Waals surface area contributed by atoms with E-state index in [1.165, 1.54) is 10.9 Å². The second-order valence-electron chi connectivity index (χ2n) is 4.96. The number of amides is 2. The van der Waals surface area contributed by atoms with Gasteiger partial charge in [-0.25, -0.2) is 9.28 Å². The molecular weight excluding hydrogens is 250 g/mol. The van der Waals surface area contributed by atoms with Crippen LogP contribution in [0.3, 0.4) is 0 Å². The van der Waals surface area contributed by atoms with Gasteiger partial charge in [0, 0.05) is 12.8 Å². The quantitative estimate of drug-likeness (QED) is 0.512. The Balaban J connectivity index is 2.20. The summed E-state index contributed by atoms with van der Waals surface area (Å²) in [6.45, 7) is 3.88. The van der Waals surface area contributed by atoms with Crippen LogP contribution in [0.15, 0.2) is 6.20 Å². The molecule has 8 heteroatoms. The fraction of sp³-hybridized carbons (Fsp3) is 0.636. The third kappa shape index (κ3) is 2.58. The van der Waals surface area contributed by atoms with Gasteiger partial charge < -0.3 is 10.1 Å². The number of hydrogen-bond acceptors (Lipinski definition) is 4. The van der Waals surface area contributed by atoms with E-state index in [-0.39, 0.29) is 22.0 Å². The maximum atomic E-state index is 12.2. The lowest BCUT2D eigenvalue weighted by atomic mass is 10.4. The third-order valence-electron chi connectivity index (χ3n) is 3.52. The van der Waals surface area contributed by atoms with Crippen molar-refractivity contribution in [1.82, 2.24) is 9.78 Å². The van der Waals surface area contributed by atoms with E-state index in [0.29, 0.717) is 6.54 Å². The van der Waals surface area contributed by atoms with Crippen molar-refractivity contribution in [2.75, 3.05) is 25.5 Å². The first-order valence-corrected chi connectivity index (χ1v) is 6.34. The zero-order chi connectivity index (χ0) is 14.0. The predicted octanol–water partition coefficient (Wildman–Crippen LogP) is 1.58. The topological polar surface area (TPSA) is 90.1 Å². The van der Waals surface area contributed by atoms with Crippen molar-refractivity contribution in [3.63, 3.8) is 0 Å². The number of nitrogens with one attached hydrogen (secondary N) is 1. The van der Waals surface area contributed by atoms with Gasteiger partial charge in [-0.15, -0.1) is 0 Å². The minimum Gasteiger partial charge on any atom is -0.358 e. The minimum atomic E-state index is -0.578. The molecule has 2 heterocycles. The minimum absolute atomic E-state index is 0.170. The molecule has 1 aromatic heterocycles. The summed E-state index contributed by atoms with van der Waals surface area (Å²) in [6.07, 6.45) is 3.50. The predicted molar refractivity (Wildman–Crippen MR) is 68.7 cm³/mol. The van der Waals surface area contributed by atoms with Crippen LogP contribution in [0, 0.1) is 10.1 Å². The van der Waals surface area contributed by atoms with E-state index in [2.05, 4.69) is 10.4 Å². The molecule has 1 aromatic rings. The molecule has 0 radical (unpaired) electrons. The lowest BCUT2D eigenvalue weighted by molar-refractivity contribution is -0.814. The van der Waals surface area contributed by atoms with E-state index < -0.39 is 4.92 Å². The molecule has 104 valence electrons. The maximum Gasteiger partial charge on any atom is 0.421 e. The molecule has 0 bridgehead atoms. The molecule has 1 saturated heterocycles. The largest absolute Gasteiger partial charge is 0.421 e. The van der Waals surface area contributed by atoms with Gasteiger partial charge in [0.1, 0.15) is 0 Å². The summed E-state index contributed by atoms with van der Waals surface area (Å²) in [6, 6.07) is -0.212. The van der Waals surface area contributed by atoms with E-state index in [0.717, 1.165) is 25.9 Å². The smallest absolute Gasteiger partial charge is 0.358 e. The van der Waals surface area contributed by atoms with Crippen LogP contribution in [0.5, 0.6) is 0 Å². The summed E-state index contributed by atoms with van der Waals surface area (Å²) in [5, 5.41) is 17.4. The molecular formula is C11H18N5O3+. The lowest BCUT2D eigenvalue weighted by Crippen LogP contribution is -2.49. The van der Waals surface area contributed by atoms with Gasteiger partial charge in [-0.05, 0) is 11.8 Å². The Hall–Kier alpha value is -1.96. The van der Waals surface area contributed by atoms with Crippen molar-refractivity contribution in [2.24, 2.45) is 0 Å². The van der Waals surface area contributed by atoms with Gasteiger partial charge in [-0.2, -0.15) is 4.68 Å². The number of hydrogen-bond donors (Lipinski definition) is 1. The van der Waals surface area contributed by atoms with Gasteiger partial charge in [0.15, 0.2) is 5.69 Å². The summed E-state index contributed by atoms with van der Waals surface area (Å²) in [7, 11) is 1.85. The first-order chi connectivity index (χ1) is 8.96. The van der Waals surface area contributed by atoms with E-state index in [9.17, 15) is 14.9 Å². The Morgan fingerprint density at radius 1 is 1.58 bits per heavy atom. The first kappa shape index (κ1) is 13.5. The molecule has 1 N–H and O–H groups in total. The van der Waals surface area contributed by atoms with Crippen LogP contribution < -0.4 is 5.32 Å². The van der Waals surface area contributed by atoms with Crippen molar-refractivity contribution < 1.29 is 14.2 Å². The summed E-state index contributed by atoms with van der Waals surface area (Å²) in [5.74, 6) is -0.305. The Bertz CT molecular complexity index is 504. The number of nitrogens with zero attached hydrogens (tertiary/aromatic N) is 4. The molecule has 0 unspecified atom stereocenters. The van der Waals surface area contributed by atoms with Crippen molar-refractivity contribution in [2.45, 2.75) is 26.3 Å². The number of carbonyl (C=O) groups is 1. The highest BCUT2D eigenvalue weighted by molar-refractivity contribution is 5.86. The van der Waals surface area contributed by atoms with Crippen LogP contribution >= 0.6 is 0 Å². The van der Waals surface area contributed by atoms with Crippen molar-refractivity contribution >= 4 is 17.5 Å². The fourth-order valence-corrected chi connectivity index (χ4v) is 2.28. The van der Waals surface area contributed by atoms with Crippen LogP contribution in [0.1, 0.15) is 19.8 Å². The average molecular weight is 268 g/mol. The number of aromatic nitrogens is 2. The molecule has 0 atom stereocenters. The number of likely N-dealkylation sites (tertiary alicyclic amines) is 1. The molecule has 1 aliphatic rings. The highest BCUT2D eigenvalue weighted by atomic mass is 16.6. The second-order valence-corrected chi connectivity index (χ2v) is 4.96. The monoisotopic (exact) mass is 268 g/mol. The van der Waals surface area contributed by atoms with E-state index >= 15 is 0 Å². The highest BCUT2D eigenvalue weighted by Crippen LogP contribution is 2.24. The molecule has 2 amide bonds. The summed E-state index contributed by atoms with van der Waals surface area (Å²) in [4.78, 5) is 22.5. The maximum absolute atomic E-state index is 12.2. The number of carbonyl (C=O) groups excluding carboxylic acids is 1. The Labute approximate surface area is 110 Å². The van der Waals surface area contributed by atoms with Gasteiger partial charge >= 0.3 is 11.8 Å². The van der Waals surface area contributed by atoms with Crippen LogP contribution in [-0.2, 0) is 6.54 Å². The summed E-state index contributed by atoms with van der Waals surface area (Å²) in [5.41, 5.74) is 0.170. The number of aryl methyl sites for hydroxylation is 1. The number of quaternary nitrogens is 1. The van der Waals surface area contributed by atoms with Crippen LogP contribution in [0.2, 0.25) is 0 Å². The first-order valence-electron chi connectivity index (χ1n) is 6.34.